The number of hydrogen-bond acceptors (Lipinski definition) is 6. The summed E-state index contributed by atoms with van der Waals surface area (Å²) in [5, 5.41) is 1.92. The highest BCUT2D eigenvalue weighted by Crippen LogP contribution is 2.48. The minimum Gasteiger partial charge on any atom is -0.492 e. The fourth-order valence-corrected chi connectivity index (χ4v) is 4.25. The smallest absolute Gasteiger partial charge is 0.185 e. The van der Waals surface area contributed by atoms with Gasteiger partial charge in [-0.15, -0.1) is 0 Å². The number of anilines is 2. The van der Waals surface area contributed by atoms with Gasteiger partial charge in [-0.1, -0.05) is 0 Å². The predicted octanol–water partition coefficient (Wildman–Crippen LogP) is 4.25. The van der Waals surface area contributed by atoms with Crippen LogP contribution in [0.5, 0.6) is 11.5 Å². The molecule has 0 amide bonds. The Morgan fingerprint density at radius 3 is 1.70 bits per heavy atom. The molecule has 0 aromatic heterocycles. The maximum atomic E-state index is 6.71. The van der Waals surface area contributed by atoms with Gasteiger partial charge in [0.05, 0.1) is 18.9 Å². The molecule has 8 N–H and O–H groups in total. The lowest BCUT2D eigenvalue weighted by molar-refractivity contribution is 0.168. The summed E-state index contributed by atoms with van der Waals surface area (Å²) in [5.74, 6) is 1.29. The number of rotatable bonds is 11. The average Bonchev–Trinajstić information content (AvgIpc) is 2.73. The Morgan fingerprint density at radius 2 is 1.20 bits per heavy atom. The number of nitrogen functional groups attached to an aromatic ring is 2. The minimum absolute atomic E-state index is 0.0420. The van der Waals surface area contributed by atoms with Gasteiger partial charge in [0.2, 0.25) is 0 Å². The molecular weight excluding hydrogens is 376 g/mol. The second-order valence-corrected chi connectivity index (χ2v) is 8.25. The molecule has 0 aliphatic carbocycles. The largest absolute Gasteiger partial charge is 0.492 e. The van der Waals surface area contributed by atoms with Crippen LogP contribution in [0.4, 0.5) is 11.4 Å². The highest BCUT2D eigenvalue weighted by atomic mass is 16.5. The van der Waals surface area contributed by atoms with Crippen molar-refractivity contribution in [3.8, 4) is 11.5 Å². The first-order valence-electron chi connectivity index (χ1n) is 11.0. The zero-order valence-electron chi connectivity index (χ0n) is 19.4. The molecular formula is C24H40N4O2. The monoisotopic (exact) mass is 416 g/mol. The zero-order valence-corrected chi connectivity index (χ0v) is 19.4. The third kappa shape index (κ3) is 4.76. The molecule has 0 heterocycles. The minimum atomic E-state index is 0.0420. The van der Waals surface area contributed by atoms with Gasteiger partial charge in [0.15, 0.2) is 11.5 Å². The summed E-state index contributed by atoms with van der Waals surface area (Å²) in [7, 11) is 1.66. The van der Waals surface area contributed by atoms with Crippen molar-refractivity contribution in [2.45, 2.75) is 72.3 Å². The van der Waals surface area contributed by atoms with Gasteiger partial charge in [-0.25, -0.2) is 0 Å². The number of hydrogen-bond donors (Lipinski definition) is 4. The first-order valence-corrected chi connectivity index (χ1v) is 11.0. The summed E-state index contributed by atoms with van der Waals surface area (Å²) in [6.45, 7) is 9.63. The van der Waals surface area contributed by atoms with E-state index in [2.05, 4.69) is 20.8 Å². The molecule has 0 atom stereocenters. The van der Waals surface area contributed by atoms with Crippen LogP contribution in [0.3, 0.4) is 0 Å². The molecule has 0 saturated carbocycles. The molecule has 0 aliphatic rings. The van der Waals surface area contributed by atoms with Crippen molar-refractivity contribution in [2.75, 3.05) is 31.7 Å². The number of aryl methyl sites for hydroxylation is 2. The van der Waals surface area contributed by atoms with Crippen molar-refractivity contribution in [3.63, 3.8) is 0 Å². The number of methoxy groups -OCH3 is 1. The number of benzene rings is 2. The summed E-state index contributed by atoms with van der Waals surface area (Å²) in [6, 6.07) is 0. The quantitative estimate of drug-likeness (QED) is 0.321. The molecule has 0 unspecified atom stereocenters. The van der Waals surface area contributed by atoms with Crippen LogP contribution < -0.4 is 32.4 Å². The van der Waals surface area contributed by atoms with Crippen molar-refractivity contribution < 1.29 is 9.47 Å². The van der Waals surface area contributed by atoms with Gasteiger partial charge in [-0.3, -0.25) is 0 Å². The first-order chi connectivity index (χ1) is 14.3. The van der Waals surface area contributed by atoms with Crippen molar-refractivity contribution in [2.24, 2.45) is 11.5 Å². The van der Waals surface area contributed by atoms with E-state index in [9.17, 15) is 0 Å². The molecule has 168 valence electrons. The lowest BCUT2D eigenvalue weighted by atomic mass is 9.90. The maximum Gasteiger partial charge on any atom is 0.185 e. The summed E-state index contributed by atoms with van der Waals surface area (Å²) in [4.78, 5) is 0. The Balaban J connectivity index is 2.59. The van der Waals surface area contributed by atoms with Crippen LogP contribution in [0.25, 0.3) is 10.8 Å². The van der Waals surface area contributed by atoms with Gasteiger partial charge in [0.25, 0.3) is 0 Å². The van der Waals surface area contributed by atoms with Crippen LogP contribution in [0.1, 0.15) is 60.8 Å². The Kier molecular flexibility index (Phi) is 8.62. The van der Waals surface area contributed by atoms with Gasteiger partial charge in [0, 0.05) is 22.0 Å². The lowest BCUT2D eigenvalue weighted by Gasteiger charge is -2.26. The Morgan fingerprint density at radius 1 is 0.667 bits per heavy atom. The van der Waals surface area contributed by atoms with Gasteiger partial charge in [0.1, 0.15) is 0 Å². The Labute approximate surface area is 181 Å². The third-order valence-corrected chi connectivity index (χ3v) is 6.31. The number of fused-ring (bicyclic) bond motifs is 1. The van der Waals surface area contributed by atoms with Crippen LogP contribution in [-0.4, -0.2) is 26.3 Å². The van der Waals surface area contributed by atoms with Crippen molar-refractivity contribution in [3.05, 3.63) is 22.3 Å². The molecule has 0 fully saturated rings. The van der Waals surface area contributed by atoms with Gasteiger partial charge in [-0.05, 0) is 96.0 Å². The number of nitrogens with two attached hydrogens (primary N) is 4. The lowest BCUT2D eigenvalue weighted by Crippen LogP contribution is -2.19. The molecule has 30 heavy (non-hydrogen) atoms. The second kappa shape index (κ2) is 10.7. The van der Waals surface area contributed by atoms with E-state index in [0.717, 1.165) is 77.2 Å². The highest BCUT2D eigenvalue weighted by molar-refractivity contribution is 6.09. The Bertz CT molecular complexity index is 870. The van der Waals surface area contributed by atoms with E-state index in [1.807, 2.05) is 6.92 Å². The Hall–Kier alpha value is -2.18. The van der Waals surface area contributed by atoms with E-state index in [0.29, 0.717) is 30.3 Å². The van der Waals surface area contributed by atoms with E-state index in [1.54, 1.807) is 7.11 Å². The predicted molar refractivity (Wildman–Crippen MR) is 128 cm³/mol. The fraction of sp³-hybridized carbons (Fsp3) is 0.583. The molecule has 0 aliphatic heterocycles. The molecule has 0 spiro atoms. The average molecular weight is 417 g/mol. The van der Waals surface area contributed by atoms with Crippen LogP contribution >= 0.6 is 0 Å². The molecule has 6 heteroatoms. The second-order valence-electron chi connectivity index (χ2n) is 8.25. The summed E-state index contributed by atoms with van der Waals surface area (Å²) in [5.41, 5.74) is 30.3. The molecule has 2 aromatic carbocycles. The first kappa shape index (κ1) is 24.1. The van der Waals surface area contributed by atoms with Gasteiger partial charge >= 0.3 is 0 Å². The topological polar surface area (TPSA) is 123 Å². The van der Waals surface area contributed by atoms with Crippen molar-refractivity contribution in [1.29, 1.82) is 0 Å². The summed E-state index contributed by atoms with van der Waals surface area (Å²) >= 11 is 0. The maximum absolute atomic E-state index is 6.71. The molecule has 6 nitrogen and oxygen atoms in total. The SMILES string of the molecule is COc1c(OC(CCCCN)CCCCN)c(N)c2c(C)c(C)c(C)c(N)c2c1C. The van der Waals surface area contributed by atoms with E-state index >= 15 is 0 Å². The van der Waals surface area contributed by atoms with E-state index in [1.165, 1.54) is 0 Å². The summed E-state index contributed by atoms with van der Waals surface area (Å²) < 4.78 is 12.3. The summed E-state index contributed by atoms with van der Waals surface area (Å²) in [6.07, 6.45) is 5.89. The number of ether oxygens (including phenoxy) is 2. The van der Waals surface area contributed by atoms with Crippen LogP contribution in [0.2, 0.25) is 0 Å². The van der Waals surface area contributed by atoms with E-state index in [4.69, 9.17) is 32.4 Å². The normalized spacial score (nSPS) is 11.5. The number of unbranched alkanes of at least 4 members (excludes halogenated alkanes) is 2. The van der Waals surface area contributed by atoms with Crippen LogP contribution in [-0.2, 0) is 0 Å². The molecule has 0 bridgehead atoms. The third-order valence-electron chi connectivity index (χ3n) is 6.31. The van der Waals surface area contributed by atoms with E-state index < -0.39 is 0 Å². The molecule has 0 saturated heterocycles. The van der Waals surface area contributed by atoms with Crippen LogP contribution in [0, 0.1) is 27.7 Å². The zero-order chi connectivity index (χ0) is 22.4. The molecule has 0 radical (unpaired) electrons. The molecule has 2 aromatic rings. The van der Waals surface area contributed by atoms with Gasteiger partial charge in [-0.2, -0.15) is 0 Å². The van der Waals surface area contributed by atoms with Gasteiger partial charge < -0.3 is 32.4 Å². The standard InChI is InChI=1S/C24H40N4O2/c1-14-15(2)19-20(21(27)16(14)3)17(4)23(29-5)24(22(19)28)30-18(10-6-8-12-25)11-7-9-13-26/h18H,6-13,25-28H2,1-5H3. The fourth-order valence-electron chi connectivity index (χ4n) is 4.25. The van der Waals surface area contributed by atoms with Crippen LogP contribution in [0.15, 0.2) is 0 Å². The van der Waals surface area contributed by atoms with Crippen molar-refractivity contribution in [1.82, 2.24) is 0 Å². The van der Waals surface area contributed by atoms with E-state index in [-0.39, 0.29) is 6.10 Å². The molecule has 2 rings (SSSR count). The highest BCUT2D eigenvalue weighted by Gasteiger charge is 2.24. The van der Waals surface area contributed by atoms with Crippen molar-refractivity contribution >= 4 is 22.1 Å².